The van der Waals surface area contributed by atoms with Crippen molar-refractivity contribution in [2.75, 3.05) is 45.6 Å². The maximum absolute atomic E-state index is 12.9. The van der Waals surface area contributed by atoms with Crippen LogP contribution in [0.4, 0.5) is 4.39 Å². The van der Waals surface area contributed by atoms with E-state index in [4.69, 9.17) is 9.47 Å². The number of aliphatic imine (C=N–C) groups is 1. The third-order valence-electron chi connectivity index (χ3n) is 4.96. The molecule has 0 amide bonds. The summed E-state index contributed by atoms with van der Waals surface area (Å²) in [6, 6.07) is 6.63. The van der Waals surface area contributed by atoms with Gasteiger partial charge in [0.2, 0.25) is 0 Å². The molecule has 0 aliphatic carbocycles. The van der Waals surface area contributed by atoms with Crippen molar-refractivity contribution in [2.24, 2.45) is 4.99 Å². The SMILES string of the molecule is CN=C(NCCSc1ccc(F)cc1)N1CCC(OCC2CCCO2)CC1. The van der Waals surface area contributed by atoms with Crippen molar-refractivity contribution in [1.29, 1.82) is 0 Å². The summed E-state index contributed by atoms with van der Waals surface area (Å²) >= 11 is 1.71. The third kappa shape index (κ3) is 6.66. The lowest BCUT2D eigenvalue weighted by molar-refractivity contribution is -0.0367. The number of halogens is 1. The Kier molecular flexibility index (Phi) is 8.23. The number of ether oxygens (including phenoxy) is 2. The summed E-state index contributed by atoms with van der Waals surface area (Å²) in [7, 11) is 1.83. The molecular weight excluding hydrogens is 365 g/mol. The van der Waals surface area contributed by atoms with Crippen molar-refractivity contribution in [1.82, 2.24) is 10.2 Å². The van der Waals surface area contributed by atoms with Crippen LogP contribution >= 0.6 is 11.8 Å². The van der Waals surface area contributed by atoms with Crippen LogP contribution in [-0.4, -0.2) is 68.7 Å². The van der Waals surface area contributed by atoms with Gasteiger partial charge in [0.1, 0.15) is 5.82 Å². The van der Waals surface area contributed by atoms with Crippen LogP contribution in [0.1, 0.15) is 25.7 Å². The molecule has 27 heavy (non-hydrogen) atoms. The average molecular weight is 396 g/mol. The van der Waals surface area contributed by atoms with Crippen LogP contribution in [0.3, 0.4) is 0 Å². The minimum Gasteiger partial charge on any atom is -0.376 e. The molecule has 7 heteroatoms. The zero-order valence-corrected chi connectivity index (χ0v) is 16.8. The van der Waals surface area contributed by atoms with E-state index in [9.17, 15) is 4.39 Å². The number of thioether (sulfide) groups is 1. The Bertz CT molecular complexity index is 585. The molecule has 0 spiro atoms. The first-order chi connectivity index (χ1) is 13.2. The Balaban J connectivity index is 1.31. The van der Waals surface area contributed by atoms with Crippen LogP contribution in [0.2, 0.25) is 0 Å². The van der Waals surface area contributed by atoms with Gasteiger partial charge in [0.15, 0.2) is 5.96 Å². The second kappa shape index (κ2) is 10.9. The Labute approximate surface area is 165 Å². The van der Waals surface area contributed by atoms with Crippen LogP contribution in [0, 0.1) is 5.82 Å². The van der Waals surface area contributed by atoms with E-state index in [0.29, 0.717) is 12.2 Å². The van der Waals surface area contributed by atoms with Gasteiger partial charge < -0.3 is 19.7 Å². The van der Waals surface area contributed by atoms with E-state index in [1.807, 2.05) is 19.2 Å². The molecular formula is C20H30FN3O2S. The highest BCUT2D eigenvalue weighted by Gasteiger charge is 2.24. The van der Waals surface area contributed by atoms with E-state index < -0.39 is 0 Å². The molecule has 2 saturated heterocycles. The second-order valence-electron chi connectivity index (χ2n) is 6.93. The van der Waals surface area contributed by atoms with E-state index in [-0.39, 0.29) is 5.82 Å². The van der Waals surface area contributed by atoms with E-state index in [1.165, 1.54) is 12.1 Å². The Morgan fingerprint density at radius 3 is 2.74 bits per heavy atom. The number of rotatable bonds is 7. The zero-order chi connectivity index (χ0) is 18.9. The van der Waals surface area contributed by atoms with Crippen LogP contribution in [-0.2, 0) is 9.47 Å². The molecule has 150 valence electrons. The van der Waals surface area contributed by atoms with E-state index in [0.717, 1.165) is 75.1 Å². The average Bonchev–Trinajstić information content (AvgIpc) is 3.22. The van der Waals surface area contributed by atoms with Crippen molar-refractivity contribution in [2.45, 2.75) is 42.8 Å². The molecule has 3 rings (SSSR count). The standard InChI is InChI=1S/C20H30FN3O2S/c1-22-20(23-10-14-27-19-6-4-16(21)5-7-19)24-11-8-17(9-12-24)26-15-18-3-2-13-25-18/h4-7,17-18H,2-3,8-15H2,1H3,(H,22,23). The van der Waals surface area contributed by atoms with Crippen LogP contribution in [0.5, 0.6) is 0 Å². The number of piperidine rings is 1. The highest BCUT2D eigenvalue weighted by Crippen LogP contribution is 2.19. The molecule has 2 heterocycles. The lowest BCUT2D eigenvalue weighted by Gasteiger charge is -2.34. The first kappa shape index (κ1) is 20.4. The molecule has 2 aliphatic heterocycles. The predicted molar refractivity (Wildman–Crippen MR) is 108 cm³/mol. The van der Waals surface area contributed by atoms with Crippen LogP contribution < -0.4 is 5.32 Å². The summed E-state index contributed by atoms with van der Waals surface area (Å²) in [6.45, 7) is 4.36. The van der Waals surface area contributed by atoms with Crippen molar-refractivity contribution < 1.29 is 13.9 Å². The molecule has 0 saturated carbocycles. The van der Waals surface area contributed by atoms with Gasteiger partial charge in [-0.25, -0.2) is 4.39 Å². The quantitative estimate of drug-likeness (QED) is 0.333. The van der Waals surface area contributed by atoms with Gasteiger partial charge in [-0.3, -0.25) is 4.99 Å². The minimum absolute atomic E-state index is 0.193. The lowest BCUT2D eigenvalue weighted by Crippen LogP contribution is -2.47. The van der Waals surface area contributed by atoms with E-state index in [2.05, 4.69) is 15.2 Å². The fraction of sp³-hybridized carbons (Fsp3) is 0.650. The normalized spacial score (nSPS) is 21.6. The van der Waals surface area contributed by atoms with Crippen molar-refractivity contribution in [3.8, 4) is 0 Å². The van der Waals surface area contributed by atoms with Crippen molar-refractivity contribution in [3.63, 3.8) is 0 Å². The van der Waals surface area contributed by atoms with E-state index in [1.54, 1.807) is 11.8 Å². The molecule has 0 radical (unpaired) electrons. The smallest absolute Gasteiger partial charge is 0.193 e. The number of guanidine groups is 1. The van der Waals surface area contributed by atoms with Crippen molar-refractivity contribution in [3.05, 3.63) is 30.1 Å². The number of nitrogens with one attached hydrogen (secondary N) is 1. The first-order valence-electron chi connectivity index (χ1n) is 9.82. The number of hydrogen-bond acceptors (Lipinski definition) is 4. The number of likely N-dealkylation sites (tertiary alicyclic amines) is 1. The summed E-state index contributed by atoms with van der Waals surface area (Å²) in [4.78, 5) is 7.79. The van der Waals surface area contributed by atoms with Gasteiger partial charge in [-0.15, -0.1) is 11.8 Å². The van der Waals surface area contributed by atoms with E-state index >= 15 is 0 Å². The molecule has 1 N–H and O–H groups in total. The second-order valence-corrected chi connectivity index (χ2v) is 8.10. The third-order valence-corrected chi connectivity index (χ3v) is 5.98. The highest BCUT2D eigenvalue weighted by atomic mass is 32.2. The summed E-state index contributed by atoms with van der Waals surface area (Å²) in [5.41, 5.74) is 0. The van der Waals surface area contributed by atoms with Crippen LogP contribution in [0.25, 0.3) is 0 Å². The van der Waals surface area contributed by atoms with Gasteiger partial charge >= 0.3 is 0 Å². The summed E-state index contributed by atoms with van der Waals surface area (Å²) in [5.74, 6) is 1.67. The minimum atomic E-state index is -0.193. The predicted octanol–water partition coefficient (Wildman–Crippen LogP) is 3.15. The van der Waals surface area contributed by atoms with Gasteiger partial charge in [0.05, 0.1) is 18.8 Å². The van der Waals surface area contributed by atoms with Gasteiger partial charge in [-0.1, -0.05) is 0 Å². The number of hydrogen-bond donors (Lipinski definition) is 1. The fourth-order valence-corrected chi connectivity index (χ4v) is 4.22. The lowest BCUT2D eigenvalue weighted by atomic mass is 10.1. The maximum atomic E-state index is 12.9. The van der Waals surface area contributed by atoms with Crippen molar-refractivity contribution >= 4 is 17.7 Å². The zero-order valence-electron chi connectivity index (χ0n) is 16.0. The first-order valence-corrected chi connectivity index (χ1v) is 10.8. The Morgan fingerprint density at radius 2 is 2.07 bits per heavy atom. The summed E-state index contributed by atoms with van der Waals surface area (Å²) in [6.07, 6.45) is 4.98. The number of nitrogens with zero attached hydrogens (tertiary/aromatic N) is 2. The Hall–Kier alpha value is -1.31. The van der Waals surface area contributed by atoms with Gasteiger partial charge in [-0.05, 0) is 49.9 Å². The molecule has 0 aromatic heterocycles. The molecule has 5 nitrogen and oxygen atoms in total. The summed E-state index contributed by atoms with van der Waals surface area (Å²) in [5, 5.41) is 3.43. The molecule has 0 bridgehead atoms. The Morgan fingerprint density at radius 1 is 1.30 bits per heavy atom. The topological polar surface area (TPSA) is 46.1 Å². The van der Waals surface area contributed by atoms with Crippen LogP contribution in [0.15, 0.2) is 34.2 Å². The molecule has 2 aliphatic rings. The monoisotopic (exact) mass is 395 g/mol. The molecule has 1 unspecified atom stereocenters. The van der Waals surface area contributed by atoms with Gasteiger partial charge in [0, 0.05) is 43.9 Å². The van der Waals surface area contributed by atoms with Gasteiger partial charge in [0.25, 0.3) is 0 Å². The molecule has 1 atom stereocenters. The highest BCUT2D eigenvalue weighted by molar-refractivity contribution is 7.99. The van der Waals surface area contributed by atoms with Gasteiger partial charge in [-0.2, -0.15) is 0 Å². The molecule has 2 fully saturated rings. The summed E-state index contributed by atoms with van der Waals surface area (Å²) < 4.78 is 24.6. The largest absolute Gasteiger partial charge is 0.376 e. The fourth-order valence-electron chi connectivity index (χ4n) is 3.45. The maximum Gasteiger partial charge on any atom is 0.193 e. The molecule has 1 aromatic rings. The molecule has 1 aromatic carbocycles. The number of benzene rings is 1.